The quantitative estimate of drug-likeness (QED) is 0.456. The van der Waals surface area contributed by atoms with Gasteiger partial charge in [-0.15, -0.1) is 0 Å². The van der Waals surface area contributed by atoms with Gasteiger partial charge in [-0.2, -0.15) is 0 Å². The lowest BCUT2D eigenvalue weighted by Crippen LogP contribution is -1.68. The standard InChI is InChI=1S/C6H12/c1-3-6-4-5(6)2/h5-6H,3-4H2,1-2H3/t5-,6?/m0/s1. The molecule has 36 valence electrons. The summed E-state index contributed by atoms with van der Waals surface area (Å²) in [6.07, 6.45) is 2.90. The van der Waals surface area contributed by atoms with Gasteiger partial charge in [-0.25, -0.2) is 0 Å². The minimum atomic E-state index is 1.06. The van der Waals surface area contributed by atoms with Gasteiger partial charge in [0.1, 0.15) is 0 Å². The lowest BCUT2D eigenvalue weighted by molar-refractivity contribution is 0.724. The average molecular weight is 84.2 g/mol. The third-order valence-corrected chi connectivity index (χ3v) is 1.80. The van der Waals surface area contributed by atoms with Crippen molar-refractivity contribution in [3.63, 3.8) is 0 Å². The van der Waals surface area contributed by atoms with Gasteiger partial charge < -0.3 is 0 Å². The largest absolute Gasteiger partial charge is 0.0651 e. The highest BCUT2D eigenvalue weighted by Crippen LogP contribution is 2.39. The predicted octanol–water partition coefficient (Wildman–Crippen LogP) is 2.05. The molecule has 1 saturated carbocycles. The van der Waals surface area contributed by atoms with Crippen LogP contribution in [0.2, 0.25) is 0 Å². The van der Waals surface area contributed by atoms with E-state index in [0.717, 1.165) is 11.8 Å². The summed E-state index contributed by atoms with van der Waals surface area (Å²) in [5.41, 5.74) is 0. The Morgan fingerprint density at radius 3 is 2.17 bits per heavy atom. The van der Waals surface area contributed by atoms with Crippen molar-refractivity contribution in [3.05, 3.63) is 0 Å². The van der Waals surface area contributed by atoms with Crippen molar-refractivity contribution in [2.24, 2.45) is 11.8 Å². The molecule has 1 aliphatic rings. The Kier molecular flexibility index (Phi) is 0.868. The van der Waals surface area contributed by atoms with Crippen molar-refractivity contribution in [2.45, 2.75) is 26.7 Å². The molecular formula is C6H12. The molecule has 0 nitrogen and oxygen atoms in total. The molecule has 1 unspecified atom stereocenters. The minimum Gasteiger partial charge on any atom is -0.0651 e. The molecule has 0 N–H and O–H groups in total. The molecule has 1 aliphatic carbocycles. The Hall–Kier alpha value is 0. The number of rotatable bonds is 1. The van der Waals surface area contributed by atoms with Gasteiger partial charge in [0, 0.05) is 0 Å². The third kappa shape index (κ3) is 0.562. The molecule has 0 heterocycles. The fourth-order valence-corrected chi connectivity index (χ4v) is 0.968. The SMILES string of the molecule is CCC1C[C@@H]1C. The van der Waals surface area contributed by atoms with Gasteiger partial charge in [0.05, 0.1) is 0 Å². The highest BCUT2D eigenvalue weighted by atomic mass is 14.3. The zero-order chi connectivity index (χ0) is 4.57. The monoisotopic (exact) mass is 84.1 g/mol. The second kappa shape index (κ2) is 1.25. The number of hydrogen-bond donors (Lipinski definition) is 0. The van der Waals surface area contributed by atoms with Crippen LogP contribution in [0.5, 0.6) is 0 Å². The minimum absolute atomic E-state index is 1.06. The topological polar surface area (TPSA) is 0 Å². The smallest absolute Gasteiger partial charge is 0.0388 e. The first-order valence-electron chi connectivity index (χ1n) is 2.84. The molecule has 0 aliphatic heterocycles. The lowest BCUT2D eigenvalue weighted by Gasteiger charge is -1.79. The van der Waals surface area contributed by atoms with E-state index in [9.17, 15) is 0 Å². The molecule has 1 rings (SSSR count). The molecule has 0 spiro atoms. The Bertz CT molecular complexity index is 46.0. The van der Waals surface area contributed by atoms with Gasteiger partial charge in [-0.1, -0.05) is 20.3 Å². The summed E-state index contributed by atoms with van der Waals surface area (Å²) in [5, 5.41) is 0. The maximum absolute atomic E-state index is 2.33. The van der Waals surface area contributed by atoms with Crippen LogP contribution in [0.4, 0.5) is 0 Å². The maximum Gasteiger partial charge on any atom is -0.0388 e. The third-order valence-electron chi connectivity index (χ3n) is 1.80. The summed E-state index contributed by atoms with van der Waals surface area (Å²) in [6, 6.07) is 0. The second-order valence-electron chi connectivity index (χ2n) is 2.38. The molecule has 0 aromatic carbocycles. The van der Waals surface area contributed by atoms with Crippen LogP contribution in [0.1, 0.15) is 26.7 Å². The fraction of sp³-hybridized carbons (Fsp3) is 1.00. The van der Waals surface area contributed by atoms with E-state index in [-0.39, 0.29) is 0 Å². The molecule has 0 heteroatoms. The van der Waals surface area contributed by atoms with Crippen LogP contribution in [-0.2, 0) is 0 Å². The first-order chi connectivity index (χ1) is 2.84. The van der Waals surface area contributed by atoms with E-state index >= 15 is 0 Å². The van der Waals surface area contributed by atoms with Crippen molar-refractivity contribution >= 4 is 0 Å². The van der Waals surface area contributed by atoms with Crippen LogP contribution in [0, 0.1) is 11.8 Å². The van der Waals surface area contributed by atoms with Crippen LogP contribution in [0.3, 0.4) is 0 Å². The van der Waals surface area contributed by atoms with Crippen molar-refractivity contribution in [1.29, 1.82) is 0 Å². The van der Waals surface area contributed by atoms with Gasteiger partial charge in [0.15, 0.2) is 0 Å². The summed E-state index contributed by atoms with van der Waals surface area (Å²) in [5.74, 6) is 2.17. The molecular weight excluding hydrogens is 72.1 g/mol. The summed E-state index contributed by atoms with van der Waals surface area (Å²) in [4.78, 5) is 0. The molecule has 0 aromatic rings. The summed E-state index contributed by atoms with van der Waals surface area (Å²) in [7, 11) is 0. The van der Waals surface area contributed by atoms with E-state index in [2.05, 4.69) is 13.8 Å². The highest BCUT2D eigenvalue weighted by molar-refractivity contribution is 4.80. The van der Waals surface area contributed by atoms with E-state index in [1.165, 1.54) is 12.8 Å². The molecule has 0 radical (unpaired) electrons. The highest BCUT2D eigenvalue weighted by Gasteiger charge is 2.29. The van der Waals surface area contributed by atoms with E-state index in [0.29, 0.717) is 0 Å². The molecule has 1 fully saturated rings. The molecule has 2 atom stereocenters. The molecule has 0 aromatic heterocycles. The van der Waals surface area contributed by atoms with Crippen LogP contribution < -0.4 is 0 Å². The summed E-state index contributed by atoms with van der Waals surface area (Å²) < 4.78 is 0. The zero-order valence-corrected chi connectivity index (χ0v) is 4.57. The van der Waals surface area contributed by atoms with Crippen LogP contribution in [0.15, 0.2) is 0 Å². The van der Waals surface area contributed by atoms with Crippen molar-refractivity contribution < 1.29 is 0 Å². The normalized spacial score (nSPS) is 43.0. The second-order valence-corrected chi connectivity index (χ2v) is 2.38. The van der Waals surface area contributed by atoms with Gasteiger partial charge in [0.2, 0.25) is 0 Å². The average Bonchev–Trinajstić information content (AvgIpc) is 2.19. The van der Waals surface area contributed by atoms with E-state index in [1.807, 2.05) is 0 Å². The fourth-order valence-electron chi connectivity index (χ4n) is 0.968. The van der Waals surface area contributed by atoms with Gasteiger partial charge in [-0.05, 0) is 18.3 Å². The molecule has 0 bridgehead atoms. The van der Waals surface area contributed by atoms with Crippen molar-refractivity contribution in [2.75, 3.05) is 0 Å². The Morgan fingerprint density at radius 2 is 2.17 bits per heavy atom. The first kappa shape index (κ1) is 4.17. The lowest BCUT2D eigenvalue weighted by atomic mass is 10.3. The van der Waals surface area contributed by atoms with E-state index in [4.69, 9.17) is 0 Å². The van der Waals surface area contributed by atoms with Crippen LogP contribution in [0.25, 0.3) is 0 Å². The Labute approximate surface area is 39.6 Å². The van der Waals surface area contributed by atoms with Crippen molar-refractivity contribution in [1.82, 2.24) is 0 Å². The molecule has 6 heavy (non-hydrogen) atoms. The van der Waals surface area contributed by atoms with Crippen molar-refractivity contribution in [3.8, 4) is 0 Å². The predicted molar refractivity (Wildman–Crippen MR) is 27.6 cm³/mol. The Balaban J connectivity index is 2.09. The van der Waals surface area contributed by atoms with Gasteiger partial charge in [0.25, 0.3) is 0 Å². The van der Waals surface area contributed by atoms with E-state index in [1.54, 1.807) is 0 Å². The maximum atomic E-state index is 2.33. The Morgan fingerprint density at radius 1 is 1.67 bits per heavy atom. The summed E-state index contributed by atoms with van der Waals surface area (Å²) in [6.45, 7) is 4.60. The summed E-state index contributed by atoms with van der Waals surface area (Å²) >= 11 is 0. The van der Waals surface area contributed by atoms with Crippen LogP contribution in [-0.4, -0.2) is 0 Å². The first-order valence-corrected chi connectivity index (χ1v) is 2.84. The number of hydrogen-bond acceptors (Lipinski definition) is 0. The van der Waals surface area contributed by atoms with Gasteiger partial charge >= 0.3 is 0 Å². The van der Waals surface area contributed by atoms with Crippen LogP contribution >= 0.6 is 0 Å². The van der Waals surface area contributed by atoms with Gasteiger partial charge in [-0.3, -0.25) is 0 Å². The molecule has 0 saturated heterocycles. The van der Waals surface area contributed by atoms with E-state index < -0.39 is 0 Å². The zero-order valence-electron chi connectivity index (χ0n) is 4.57. The molecule has 0 amide bonds.